The van der Waals surface area contributed by atoms with E-state index in [0.29, 0.717) is 5.92 Å². The highest BCUT2D eigenvalue weighted by molar-refractivity contribution is 5.90. The van der Waals surface area contributed by atoms with Gasteiger partial charge >= 0.3 is 11.9 Å². The predicted molar refractivity (Wildman–Crippen MR) is 79.5 cm³/mol. The number of hydrogen-bond acceptors (Lipinski definition) is 3. The van der Waals surface area contributed by atoms with E-state index in [-0.39, 0.29) is 6.10 Å². The number of esters is 1. The molecule has 2 atom stereocenters. The second-order valence-corrected chi connectivity index (χ2v) is 5.10. The van der Waals surface area contributed by atoms with E-state index in [9.17, 15) is 9.59 Å². The van der Waals surface area contributed by atoms with Crippen LogP contribution in [0, 0.1) is 5.92 Å². The lowest BCUT2D eigenvalue weighted by Gasteiger charge is -2.25. The van der Waals surface area contributed by atoms with Crippen molar-refractivity contribution in [1.29, 1.82) is 0 Å². The number of aliphatic carboxylic acids is 1. The zero-order valence-electron chi connectivity index (χ0n) is 12.9. The Labute approximate surface area is 122 Å². The molecule has 0 radical (unpaired) electrons. The molecule has 0 aliphatic rings. The Morgan fingerprint density at radius 1 is 1.05 bits per heavy atom. The largest absolute Gasteiger partial charge is 0.478 e. The van der Waals surface area contributed by atoms with Crippen molar-refractivity contribution >= 4 is 11.9 Å². The molecule has 0 saturated carbocycles. The molecular formula is C16H28O4. The average Bonchev–Trinajstić information content (AvgIpc) is 2.42. The predicted octanol–water partition coefficient (Wildman–Crippen LogP) is 3.95. The van der Waals surface area contributed by atoms with Gasteiger partial charge in [-0.15, -0.1) is 0 Å². The molecule has 1 N–H and O–H groups in total. The van der Waals surface area contributed by atoms with Gasteiger partial charge in [-0.25, -0.2) is 9.59 Å². The fraction of sp³-hybridized carbons (Fsp3) is 0.750. The fourth-order valence-electron chi connectivity index (χ4n) is 2.24. The van der Waals surface area contributed by atoms with Gasteiger partial charge in [0.1, 0.15) is 6.10 Å². The summed E-state index contributed by atoms with van der Waals surface area (Å²) in [7, 11) is 0. The third-order valence-electron chi connectivity index (χ3n) is 3.45. The van der Waals surface area contributed by atoms with E-state index in [1.165, 1.54) is 0 Å². The van der Waals surface area contributed by atoms with Crippen molar-refractivity contribution in [1.82, 2.24) is 0 Å². The van der Waals surface area contributed by atoms with Crippen molar-refractivity contribution in [2.45, 2.75) is 71.8 Å². The molecule has 0 spiro atoms. The maximum Gasteiger partial charge on any atom is 0.331 e. The zero-order valence-corrected chi connectivity index (χ0v) is 12.9. The van der Waals surface area contributed by atoms with E-state index >= 15 is 0 Å². The highest BCUT2D eigenvalue weighted by atomic mass is 16.5. The molecule has 0 heterocycles. The van der Waals surface area contributed by atoms with Crippen LogP contribution in [0.15, 0.2) is 12.2 Å². The lowest BCUT2D eigenvalue weighted by atomic mass is 9.90. The summed E-state index contributed by atoms with van der Waals surface area (Å²) in [5.74, 6) is -1.32. The molecule has 4 nitrogen and oxygen atoms in total. The van der Waals surface area contributed by atoms with Gasteiger partial charge in [-0.1, -0.05) is 46.5 Å². The second-order valence-electron chi connectivity index (χ2n) is 5.10. The highest BCUT2D eigenvalue weighted by Gasteiger charge is 2.22. The lowest BCUT2D eigenvalue weighted by Crippen LogP contribution is -2.26. The van der Waals surface area contributed by atoms with Gasteiger partial charge in [0.2, 0.25) is 0 Å². The molecule has 2 unspecified atom stereocenters. The van der Waals surface area contributed by atoms with Gasteiger partial charge in [0.25, 0.3) is 0 Å². The SMILES string of the molecule is CCCCC(CC)C(CCCC)OC(=O)/C=C\C(=O)O. The topological polar surface area (TPSA) is 63.6 Å². The van der Waals surface area contributed by atoms with E-state index in [1.54, 1.807) is 0 Å². The molecule has 20 heavy (non-hydrogen) atoms. The van der Waals surface area contributed by atoms with Crippen LogP contribution in [0.1, 0.15) is 65.7 Å². The molecule has 0 saturated heterocycles. The number of carboxylic acid groups (broad SMARTS) is 1. The van der Waals surface area contributed by atoms with E-state index < -0.39 is 11.9 Å². The molecule has 0 aromatic rings. The average molecular weight is 284 g/mol. The van der Waals surface area contributed by atoms with Crippen molar-refractivity contribution < 1.29 is 19.4 Å². The molecular weight excluding hydrogens is 256 g/mol. The van der Waals surface area contributed by atoms with E-state index in [2.05, 4.69) is 20.8 Å². The number of hydrogen-bond donors (Lipinski definition) is 1. The maximum absolute atomic E-state index is 11.6. The van der Waals surface area contributed by atoms with Crippen LogP contribution in [0.5, 0.6) is 0 Å². The Bertz CT molecular complexity index is 310. The molecule has 0 fully saturated rings. The fourth-order valence-corrected chi connectivity index (χ4v) is 2.24. The molecule has 0 aromatic heterocycles. The quantitative estimate of drug-likeness (QED) is 0.461. The number of carboxylic acids is 1. The molecule has 0 aliphatic carbocycles. The minimum atomic E-state index is -1.13. The van der Waals surface area contributed by atoms with Gasteiger partial charge in [0.15, 0.2) is 0 Å². The van der Waals surface area contributed by atoms with Crippen LogP contribution in [0.25, 0.3) is 0 Å². The van der Waals surface area contributed by atoms with Crippen molar-refractivity contribution in [2.75, 3.05) is 0 Å². The first-order valence-corrected chi connectivity index (χ1v) is 7.66. The Kier molecular flexibility index (Phi) is 10.7. The third kappa shape index (κ3) is 8.73. The summed E-state index contributed by atoms with van der Waals surface area (Å²) in [6.07, 6.45) is 8.94. The molecule has 0 amide bonds. The molecule has 0 aromatic carbocycles. The van der Waals surface area contributed by atoms with Gasteiger partial charge < -0.3 is 9.84 Å². The first kappa shape index (κ1) is 18.7. The number of unbranched alkanes of at least 4 members (excludes halogenated alkanes) is 2. The van der Waals surface area contributed by atoms with Gasteiger partial charge in [-0.3, -0.25) is 0 Å². The Balaban J connectivity index is 4.58. The second kappa shape index (κ2) is 11.5. The molecule has 0 aliphatic heterocycles. The summed E-state index contributed by atoms with van der Waals surface area (Å²) in [5.41, 5.74) is 0. The first-order valence-electron chi connectivity index (χ1n) is 7.66. The van der Waals surface area contributed by atoms with Crippen molar-refractivity contribution in [2.24, 2.45) is 5.92 Å². The summed E-state index contributed by atoms with van der Waals surface area (Å²) in [6.45, 7) is 6.37. The smallest absolute Gasteiger partial charge is 0.331 e. The molecule has 0 rings (SSSR count). The van der Waals surface area contributed by atoms with Crippen molar-refractivity contribution in [3.05, 3.63) is 12.2 Å². The van der Waals surface area contributed by atoms with Crippen LogP contribution in [0.3, 0.4) is 0 Å². The lowest BCUT2D eigenvalue weighted by molar-refractivity contribution is -0.147. The Morgan fingerprint density at radius 2 is 1.65 bits per heavy atom. The summed E-state index contributed by atoms with van der Waals surface area (Å²) in [5, 5.41) is 8.51. The van der Waals surface area contributed by atoms with Crippen molar-refractivity contribution in [3.8, 4) is 0 Å². The number of carbonyl (C=O) groups excluding carboxylic acids is 1. The summed E-state index contributed by atoms with van der Waals surface area (Å²) >= 11 is 0. The van der Waals surface area contributed by atoms with E-state index in [1.807, 2.05) is 0 Å². The Hall–Kier alpha value is -1.32. The normalized spacial score (nSPS) is 14.2. The van der Waals surface area contributed by atoms with Crippen LogP contribution >= 0.6 is 0 Å². The van der Waals surface area contributed by atoms with Gasteiger partial charge in [0, 0.05) is 12.2 Å². The summed E-state index contributed by atoms with van der Waals surface area (Å²) in [6, 6.07) is 0. The maximum atomic E-state index is 11.6. The minimum Gasteiger partial charge on any atom is -0.478 e. The van der Waals surface area contributed by atoms with Crippen LogP contribution in [0.4, 0.5) is 0 Å². The van der Waals surface area contributed by atoms with Crippen LogP contribution < -0.4 is 0 Å². The van der Waals surface area contributed by atoms with Crippen LogP contribution in [-0.4, -0.2) is 23.1 Å². The van der Waals surface area contributed by atoms with Crippen LogP contribution in [-0.2, 0) is 14.3 Å². The van der Waals surface area contributed by atoms with Gasteiger partial charge in [0.05, 0.1) is 0 Å². The molecule has 4 heteroatoms. The number of ether oxygens (including phenoxy) is 1. The highest BCUT2D eigenvalue weighted by Crippen LogP contribution is 2.23. The van der Waals surface area contributed by atoms with Crippen LogP contribution in [0.2, 0.25) is 0 Å². The summed E-state index contributed by atoms with van der Waals surface area (Å²) in [4.78, 5) is 22.0. The number of carbonyl (C=O) groups is 2. The summed E-state index contributed by atoms with van der Waals surface area (Å²) < 4.78 is 5.46. The van der Waals surface area contributed by atoms with E-state index in [4.69, 9.17) is 9.84 Å². The van der Waals surface area contributed by atoms with Gasteiger partial charge in [-0.2, -0.15) is 0 Å². The van der Waals surface area contributed by atoms with Crippen molar-refractivity contribution in [3.63, 3.8) is 0 Å². The monoisotopic (exact) mass is 284 g/mol. The zero-order chi connectivity index (χ0) is 15.4. The van der Waals surface area contributed by atoms with Gasteiger partial charge in [-0.05, 0) is 25.2 Å². The number of rotatable bonds is 11. The Morgan fingerprint density at radius 3 is 2.15 bits per heavy atom. The third-order valence-corrected chi connectivity index (χ3v) is 3.45. The standard InChI is InChI=1S/C16H28O4/c1-4-7-9-13(6-3)14(10-8-5-2)20-16(19)12-11-15(17)18/h11-14H,4-10H2,1-3H3,(H,17,18)/b12-11-. The first-order chi connectivity index (χ1) is 9.54. The molecule has 0 bridgehead atoms. The minimum absolute atomic E-state index is 0.0996. The molecule has 116 valence electrons. The van der Waals surface area contributed by atoms with E-state index in [0.717, 1.165) is 57.1 Å².